The van der Waals surface area contributed by atoms with Crippen molar-refractivity contribution < 1.29 is 1.37 Å². The Kier molecular flexibility index (Phi) is 3.37. The number of benzene rings is 1. The summed E-state index contributed by atoms with van der Waals surface area (Å²) < 4.78 is 8.43. The van der Waals surface area contributed by atoms with Crippen LogP contribution in [-0.2, 0) is 5.41 Å². The maximum absolute atomic E-state index is 8.43. The van der Waals surface area contributed by atoms with Gasteiger partial charge in [0.25, 0.3) is 0 Å². The van der Waals surface area contributed by atoms with E-state index in [-0.39, 0.29) is 5.41 Å². The summed E-state index contributed by atoms with van der Waals surface area (Å²) in [7, 11) is 0. The number of aromatic nitrogens is 1. The largest absolute Gasteiger partial charge is 0.256 e. The predicted octanol–water partition coefficient (Wildman–Crippen LogP) is 5.17. The van der Waals surface area contributed by atoms with E-state index in [1.165, 1.54) is 0 Å². The maximum atomic E-state index is 8.43. The number of rotatable bonds is 2. The van der Waals surface area contributed by atoms with Crippen LogP contribution in [0, 0.1) is 0 Å². The van der Waals surface area contributed by atoms with Crippen molar-refractivity contribution in [3.8, 4) is 11.3 Å². The van der Waals surface area contributed by atoms with E-state index in [9.17, 15) is 0 Å². The topological polar surface area (TPSA) is 12.9 Å². The van der Waals surface area contributed by atoms with Gasteiger partial charge in [0, 0.05) is 13.1 Å². The summed E-state index contributed by atoms with van der Waals surface area (Å²) in [5.41, 5.74) is 4.24. The smallest absolute Gasteiger partial charge is 0.0705 e. The molecule has 0 saturated heterocycles. The predicted molar refractivity (Wildman–Crippen MR) is 82.5 cm³/mol. The molecule has 0 aliphatic rings. The molecule has 1 aromatic heterocycles. The first-order valence-electron chi connectivity index (χ1n) is 7.26. The minimum absolute atomic E-state index is 0.00410. The highest BCUT2D eigenvalue weighted by Gasteiger charge is 2.20. The Morgan fingerprint density at radius 3 is 2.26 bits per heavy atom. The molecule has 0 saturated carbocycles. The minimum atomic E-state index is -0.630. The normalized spacial score (nSPS) is 13.2. The molecule has 0 unspecified atom stereocenters. The lowest BCUT2D eigenvalue weighted by molar-refractivity contribution is 0.574. The monoisotopic (exact) mass is 254 g/mol. The first kappa shape index (κ1) is 12.4. The molecule has 0 radical (unpaired) electrons. The Morgan fingerprint density at radius 2 is 1.74 bits per heavy atom. The van der Waals surface area contributed by atoms with Crippen LogP contribution in [0.1, 0.15) is 53.0 Å². The molecule has 0 N–H and O–H groups in total. The van der Waals surface area contributed by atoms with Crippen molar-refractivity contribution in [1.29, 1.82) is 0 Å². The van der Waals surface area contributed by atoms with E-state index in [0.717, 1.165) is 22.4 Å². The Bertz CT molecular complexity index is 589. The van der Waals surface area contributed by atoms with Crippen LogP contribution in [0.15, 0.2) is 42.6 Å². The van der Waals surface area contributed by atoms with Gasteiger partial charge in [0.2, 0.25) is 0 Å². The molecule has 1 aromatic carbocycles. The molecule has 0 atom stereocenters. The summed E-state index contributed by atoms with van der Waals surface area (Å²) in [5, 5.41) is 0. The van der Waals surface area contributed by atoms with E-state index >= 15 is 0 Å². The van der Waals surface area contributed by atoms with Gasteiger partial charge in [-0.1, -0.05) is 65.0 Å². The van der Waals surface area contributed by atoms with Gasteiger partial charge in [0.1, 0.15) is 0 Å². The Morgan fingerprint density at radius 1 is 1.11 bits per heavy atom. The van der Waals surface area contributed by atoms with Crippen molar-refractivity contribution in [2.75, 3.05) is 0 Å². The second-order valence-corrected chi connectivity index (χ2v) is 6.23. The fraction of sp³-hybridized carbons (Fsp3) is 0.389. The second-order valence-electron chi connectivity index (χ2n) is 6.23. The lowest BCUT2D eigenvalue weighted by Crippen LogP contribution is -2.15. The van der Waals surface area contributed by atoms with E-state index in [4.69, 9.17) is 1.37 Å². The van der Waals surface area contributed by atoms with Crippen LogP contribution in [0.5, 0.6) is 0 Å². The standard InChI is InChI=1S/C18H23N/c1-13(2)15-11-17(14-9-7-6-8-10-14)19-12-16(15)18(3,4)5/h6-13H,1-5H3/i13D. The molecular weight excluding hydrogens is 230 g/mol. The zero-order valence-corrected chi connectivity index (χ0v) is 12.5. The molecule has 1 nitrogen and oxygen atoms in total. The highest BCUT2D eigenvalue weighted by atomic mass is 14.7. The van der Waals surface area contributed by atoms with Crippen molar-refractivity contribution in [2.45, 2.75) is 45.9 Å². The summed E-state index contributed by atoms with van der Waals surface area (Å²) in [5.74, 6) is -0.630. The van der Waals surface area contributed by atoms with Crippen molar-refractivity contribution in [3.63, 3.8) is 0 Å². The van der Waals surface area contributed by atoms with E-state index in [2.05, 4.69) is 44.0 Å². The van der Waals surface area contributed by atoms with Crippen molar-refractivity contribution in [1.82, 2.24) is 4.98 Å². The van der Waals surface area contributed by atoms with E-state index < -0.39 is 5.89 Å². The fourth-order valence-corrected chi connectivity index (χ4v) is 2.23. The highest BCUT2D eigenvalue weighted by Crippen LogP contribution is 2.32. The molecule has 19 heavy (non-hydrogen) atoms. The Labute approximate surface area is 118 Å². The molecule has 0 bridgehead atoms. The average molecular weight is 254 g/mol. The third kappa shape index (κ3) is 3.04. The van der Waals surface area contributed by atoms with Gasteiger partial charge in [0.15, 0.2) is 0 Å². The van der Waals surface area contributed by atoms with Crippen LogP contribution < -0.4 is 0 Å². The van der Waals surface area contributed by atoms with Gasteiger partial charge in [0.05, 0.1) is 5.69 Å². The quantitative estimate of drug-likeness (QED) is 0.720. The van der Waals surface area contributed by atoms with Gasteiger partial charge in [-0.05, 0) is 28.5 Å². The van der Waals surface area contributed by atoms with Crippen molar-refractivity contribution in [2.24, 2.45) is 0 Å². The van der Waals surface area contributed by atoms with Gasteiger partial charge >= 0.3 is 0 Å². The third-order valence-electron chi connectivity index (χ3n) is 3.32. The molecule has 0 spiro atoms. The van der Waals surface area contributed by atoms with Gasteiger partial charge in [-0.3, -0.25) is 4.98 Å². The van der Waals surface area contributed by atoms with Crippen LogP contribution in [0.4, 0.5) is 0 Å². The summed E-state index contributed by atoms with van der Waals surface area (Å²) >= 11 is 0. The number of pyridine rings is 1. The van der Waals surface area contributed by atoms with E-state index in [1.54, 1.807) is 0 Å². The molecule has 0 aliphatic heterocycles. The van der Waals surface area contributed by atoms with Crippen LogP contribution in [-0.4, -0.2) is 4.98 Å². The minimum Gasteiger partial charge on any atom is -0.256 e. The first-order valence-corrected chi connectivity index (χ1v) is 6.76. The summed E-state index contributed by atoms with van der Waals surface area (Å²) in [6.07, 6.45) is 1.94. The molecule has 2 rings (SSSR count). The molecule has 0 amide bonds. The SMILES string of the molecule is [2H]C(C)(C)c1cc(-c2ccccc2)ncc1C(C)(C)C. The van der Waals surface area contributed by atoms with Crippen molar-refractivity contribution in [3.05, 3.63) is 53.7 Å². The van der Waals surface area contributed by atoms with Crippen LogP contribution in [0.25, 0.3) is 11.3 Å². The van der Waals surface area contributed by atoms with Crippen LogP contribution in [0.3, 0.4) is 0 Å². The zero-order chi connectivity index (χ0) is 15.0. The number of nitrogens with zero attached hydrogens (tertiary/aromatic N) is 1. The van der Waals surface area contributed by atoms with E-state index in [1.807, 2.05) is 38.2 Å². The second kappa shape index (κ2) is 5.16. The van der Waals surface area contributed by atoms with E-state index in [0.29, 0.717) is 0 Å². The van der Waals surface area contributed by atoms with Gasteiger partial charge in [-0.25, -0.2) is 0 Å². The Hall–Kier alpha value is -1.63. The zero-order valence-electron chi connectivity index (χ0n) is 13.5. The van der Waals surface area contributed by atoms with Crippen molar-refractivity contribution >= 4 is 0 Å². The summed E-state index contributed by atoms with van der Waals surface area (Å²) in [6.45, 7) is 10.4. The van der Waals surface area contributed by atoms with Gasteiger partial charge in [-0.2, -0.15) is 0 Å². The molecule has 1 heteroatoms. The molecule has 2 aromatic rings. The lowest BCUT2D eigenvalue weighted by atomic mass is 9.81. The number of hydrogen-bond acceptors (Lipinski definition) is 1. The molecular formula is C18H23N. The fourth-order valence-electron chi connectivity index (χ4n) is 2.23. The highest BCUT2D eigenvalue weighted by molar-refractivity contribution is 5.60. The molecule has 0 aliphatic carbocycles. The van der Waals surface area contributed by atoms with Crippen LogP contribution >= 0.6 is 0 Å². The Balaban J connectivity index is 2.62. The molecule has 1 heterocycles. The third-order valence-corrected chi connectivity index (χ3v) is 3.32. The molecule has 0 fully saturated rings. The number of hydrogen-bond donors (Lipinski definition) is 0. The van der Waals surface area contributed by atoms with Gasteiger partial charge < -0.3 is 0 Å². The maximum Gasteiger partial charge on any atom is 0.0705 e. The van der Waals surface area contributed by atoms with Crippen LogP contribution in [0.2, 0.25) is 0 Å². The molecule has 100 valence electrons. The summed E-state index contributed by atoms with van der Waals surface area (Å²) in [6, 6.07) is 12.2. The summed E-state index contributed by atoms with van der Waals surface area (Å²) in [4.78, 5) is 4.61. The first-order chi connectivity index (χ1) is 9.19. The lowest BCUT2D eigenvalue weighted by Gasteiger charge is -2.24. The average Bonchev–Trinajstić information content (AvgIpc) is 2.37. The van der Waals surface area contributed by atoms with Gasteiger partial charge in [-0.15, -0.1) is 0 Å².